The fourth-order valence-electron chi connectivity index (χ4n) is 3.08. The number of carbonyl (C=O) groups is 2. The van der Waals surface area contributed by atoms with Crippen molar-refractivity contribution in [3.8, 4) is 0 Å². The van der Waals surface area contributed by atoms with Crippen LogP contribution in [0.5, 0.6) is 0 Å². The van der Waals surface area contributed by atoms with Crippen LogP contribution in [0.25, 0.3) is 0 Å². The summed E-state index contributed by atoms with van der Waals surface area (Å²) < 4.78 is 0. The monoisotopic (exact) mass is 376 g/mol. The smallest absolute Gasteiger partial charge is 0.263 e. The van der Waals surface area contributed by atoms with Crippen molar-refractivity contribution in [1.82, 2.24) is 4.90 Å². The summed E-state index contributed by atoms with van der Waals surface area (Å²) in [6.07, 6.45) is 2.34. The lowest BCUT2D eigenvalue weighted by molar-refractivity contribution is -0.120. The Morgan fingerprint density at radius 2 is 2.04 bits per heavy atom. The van der Waals surface area contributed by atoms with Crippen molar-refractivity contribution in [3.05, 3.63) is 50.2 Å². The van der Waals surface area contributed by atoms with Crippen LogP contribution in [0, 0.1) is 12.8 Å². The molecule has 0 spiro atoms. The van der Waals surface area contributed by atoms with Gasteiger partial charge in [-0.3, -0.25) is 9.59 Å². The van der Waals surface area contributed by atoms with E-state index in [1.54, 1.807) is 36.4 Å². The predicted molar refractivity (Wildman–Crippen MR) is 103 cm³/mol. The van der Waals surface area contributed by atoms with Gasteiger partial charge in [-0.15, -0.1) is 11.3 Å². The van der Waals surface area contributed by atoms with Crippen LogP contribution in [-0.4, -0.2) is 30.8 Å². The first-order valence-corrected chi connectivity index (χ1v) is 9.45. The van der Waals surface area contributed by atoms with Crippen LogP contribution in [0.3, 0.4) is 0 Å². The van der Waals surface area contributed by atoms with Gasteiger partial charge in [-0.2, -0.15) is 0 Å². The van der Waals surface area contributed by atoms with E-state index in [0.717, 1.165) is 34.5 Å². The van der Waals surface area contributed by atoms with E-state index in [1.165, 1.54) is 4.88 Å². The number of amides is 2. The molecule has 2 aromatic rings. The van der Waals surface area contributed by atoms with E-state index in [0.29, 0.717) is 11.4 Å². The molecule has 0 aliphatic heterocycles. The lowest BCUT2D eigenvalue weighted by Gasteiger charge is -2.21. The van der Waals surface area contributed by atoms with Gasteiger partial charge in [0.05, 0.1) is 4.88 Å². The second-order valence-electron chi connectivity index (χ2n) is 6.65. The first-order valence-electron chi connectivity index (χ1n) is 8.25. The molecule has 0 saturated carbocycles. The summed E-state index contributed by atoms with van der Waals surface area (Å²) in [5, 5.41) is 3.68. The molecule has 4 nitrogen and oxygen atoms in total. The number of thiophene rings is 1. The maximum Gasteiger partial charge on any atom is 0.263 e. The number of aryl methyl sites for hydroxylation is 2. The molecule has 1 aromatic carbocycles. The lowest BCUT2D eigenvalue weighted by atomic mass is 9.87. The molecule has 1 atom stereocenters. The number of fused-ring (bicyclic) bond motifs is 1. The maximum atomic E-state index is 12.6. The minimum Gasteiger partial charge on any atom is -0.344 e. The molecule has 0 unspecified atom stereocenters. The summed E-state index contributed by atoms with van der Waals surface area (Å²) in [5.74, 6) is -0.0144. The zero-order valence-corrected chi connectivity index (χ0v) is 16.1. The average Bonchev–Trinajstić information content (AvgIpc) is 2.99. The first-order chi connectivity index (χ1) is 11.8. The van der Waals surface area contributed by atoms with Crippen LogP contribution in [0.15, 0.2) is 24.3 Å². The Morgan fingerprint density at radius 3 is 2.72 bits per heavy atom. The van der Waals surface area contributed by atoms with E-state index in [-0.39, 0.29) is 17.7 Å². The number of rotatable bonds is 3. The third kappa shape index (κ3) is 3.88. The van der Waals surface area contributed by atoms with Crippen molar-refractivity contribution < 1.29 is 9.59 Å². The molecule has 0 saturated heterocycles. The van der Waals surface area contributed by atoms with Gasteiger partial charge < -0.3 is 10.2 Å². The molecular weight excluding hydrogens is 356 g/mol. The van der Waals surface area contributed by atoms with Crippen LogP contribution in [0.4, 0.5) is 5.69 Å². The molecule has 25 heavy (non-hydrogen) atoms. The van der Waals surface area contributed by atoms with Crippen molar-refractivity contribution in [3.63, 3.8) is 0 Å². The average molecular weight is 377 g/mol. The molecule has 2 amide bonds. The molecule has 1 aliphatic rings. The van der Waals surface area contributed by atoms with E-state index >= 15 is 0 Å². The molecule has 0 bridgehead atoms. The Balaban J connectivity index is 1.71. The van der Waals surface area contributed by atoms with Gasteiger partial charge in [-0.25, -0.2) is 0 Å². The Labute approximate surface area is 156 Å². The third-order valence-corrected chi connectivity index (χ3v) is 5.98. The normalized spacial score (nSPS) is 16.2. The van der Waals surface area contributed by atoms with Gasteiger partial charge in [0.25, 0.3) is 5.91 Å². The minimum absolute atomic E-state index is 0.0252. The van der Waals surface area contributed by atoms with Crippen LogP contribution in [0.1, 0.15) is 32.1 Å². The summed E-state index contributed by atoms with van der Waals surface area (Å²) in [7, 11) is 3.51. The zero-order valence-electron chi connectivity index (χ0n) is 14.6. The summed E-state index contributed by atoms with van der Waals surface area (Å²) in [6, 6.07) is 7.41. The van der Waals surface area contributed by atoms with Crippen molar-refractivity contribution in [2.45, 2.75) is 26.2 Å². The molecule has 1 heterocycles. The first kappa shape index (κ1) is 18.0. The van der Waals surface area contributed by atoms with Gasteiger partial charge in [-0.05, 0) is 61.6 Å². The van der Waals surface area contributed by atoms with E-state index in [9.17, 15) is 9.59 Å². The fourth-order valence-corrected chi connectivity index (χ4v) is 4.53. The van der Waals surface area contributed by atoms with Crippen LogP contribution < -0.4 is 5.32 Å². The number of halogens is 1. The number of hydrogen-bond acceptors (Lipinski definition) is 3. The van der Waals surface area contributed by atoms with Crippen molar-refractivity contribution >= 4 is 40.4 Å². The Bertz CT molecular complexity index is 829. The van der Waals surface area contributed by atoms with Gasteiger partial charge in [0, 0.05) is 35.6 Å². The number of carbonyl (C=O) groups excluding carboxylic acids is 2. The second-order valence-corrected chi connectivity index (χ2v) is 8.22. The molecule has 3 rings (SSSR count). The molecule has 132 valence electrons. The largest absolute Gasteiger partial charge is 0.344 e. The zero-order chi connectivity index (χ0) is 18.1. The van der Waals surface area contributed by atoms with Crippen LogP contribution in [0.2, 0.25) is 5.02 Å². The van der Waals surface area contributed by atoms with Crippen LogP contribution in [-0.2, 0) is 17.6 Å². The molecule has 1 aromatic heterocycles. The molecule has 6 heteroatoms. The van der Waals surface area contributed by atoms with Crippen LogP contribution >= 0.6 is 22.9 Å². The highest BCUT2D eigenvalue weighted by Crippen LogP contribution is 2.33. The number of nitrogens with zero attached hydrogens (tertiary/aromatic N) is 1. The quantitative estimate of drug-likeness (QED) is 0.874. The molecule has 0 fully saturated rings. The maximum absolute atomic E-state index is 12.6. The highest BCUT2D eigenvalue weighted by molar-refractivity contribution is 7.14. The highest BCUT2D eigenvalue weighted by Gasteiger charge is 2.28. The second kappa shape index (κ2) is 7.18. The SMILES string of the molecule is Cc1cc(Cl)ccc1NC(=O)[C@H]1CCc2sc(C(=O)N(C)C)cc2C1. The topological polar surface area (TPSA) is 49.4 Å². The number of nitrogens with one attached hydrogen (secondary N) is 1. The van der Waals surface area contributed by atoms with E-state index in [1.807, 2.05) is 25.1 Å². The van der Waals surface area contributed by atoms with E-state index in [4.69, 9.17) is 11.6 Å². The van der Waals surface area contributed by atoms with Gasteiger partial charge >= 0.3 is 0 Å². The third-order valence-electron chi connectivity index (χ3n) is 4.52. The minimum atomic E-state index is -0.0699. The summed E-state index contributed by atoms with van der Waals surface area (Å²) in [4.78, 5) is 28.4. The molecule has 1 aliphatic carbocycles. The molecule has 0 radical (unpaired) electrons. The van der Waals surface area contributed by atoms with E-state index in [2.05, 4.69) is 5.32 Å². The lowest BCUT2D eigenvalue weighted by Crippen LogP contribution is -2.27. The van der Waals surface area contributed by atoms with Gasteiger partial charge in [0.1, 0.15) is 0 Å². The standard InChI is InChI=1S/C19H21ClN2O2S/c1-11-8-14(20)5-6-15(11)21-18(23)12-4-7-16-13(9-12)10-17(25-16)19(24)22(2)3/h5-6,8,10,12H,4,7,9H2,1-3H3,(H,21,23)/t12-/m0/s1. The highest BCUT2D eigenvalue weighted by atomic mass is 35.5. The van der Waals surface area contributed by atoms with Crippen molar-refractivity contribution in [1.29, 1.82) is 0 Å². The predicted octanol–water partition coefficient (Wildman–Crippen LogP) is 4.16. The molecular formula is C19H21ClN2O2S. The Morgan fingerprint density at radius 1 is 1.28 bits per heavy atom. The van der Waals surface area contributed by atoms with Crippen molar-refractivity contribution in [2.24, 2.45) is 5.92 Å². The Hall–Kier alpha value is -1.85. The fraction of sp³-hybridized carbons (Fsp3) is 0.368. The summed E-state index contributed by atoms with van der Waals surface area (Å²) in [5.41, 5.74) is 2.88. The number of benzene rings is 1. The van der Waals surface area contributed by atoms with E-state index < -0.39 is 0 Å². The Kier molecular flexibility index (Phi) is 5.16. The summed E-state index contributed by atoms with van der Waals surface area (Å²) in [6.45, 7) is 1.93. The molecule has 1 N–H and O–H groups in total. The van der Waals surface area contributed by atoms with Gasteiger partial charge in [0.15, 0.2) is 0 Å². The van der Waals surface area contributed by atoms with Gasteiger partial charge in [0.2, 0.25) is 5.91 Å². The van der Waals surface area contributed by atoms with Gasteiger partial charge in [-0.1, -0.05) is 11.6 Å². The number of anilines is 1. The summed E-state index contributed by atoms with van der Waals surface area (Å²) >= 11 is 7.52. The van der Waals surface area contributed by atoms with Crippen molar-refractivity contribution in [2.75, 3.05) is 19.4 Å². The number of hydrogen-bond donors (Lipinski definition) is 1.